The van der Waals surface area contributed by atoms with Gasteiger partial charge in [0, 0.05) is 21.7 Å². The Morgan fingerprint density at radius 3 is 2.75 bits per heavy atom. The van der Waals surface area contributed by atoms with Crippen LogP contribution in [-0.2, 0) is 6.54 Å². The average Bonchev–Trinajstić information content (AvgIpc) is 2.29. The molecule has 0 fully saturated rings. The molecule has 0 aliphatic heterocycles. The Morgan fingerprint density at radius 2 is 2.12 bits per heavy atom. The lowest BCUT2D eigenvalue weighted by Gasteiger charge is -2.13. The monoisotopic (exact) mass is 257 g/mol. The summed E-state index contributed by atoms with van der Waals surface area (Å²) in [6, 6.07) is 6.17. The van der Waals surface area contributed by atoms with E-state index >= 15 is 0 Å². The van der Waals surface area contributed by atoms with E-state index in [1.807, 2.05) is 17.8 Å². The van der Waals surface area contributed by atoms with Gasteiger partial charge in [-0.25, -0.2) is 0 Å². The third-order valence-electron chi connectivity index (χ3n) is 2.49. The van der Waals surface area contributed by atoms with E-state index in [0.717, 1.165) is 18.1 Å². The summed E-state index contributed by atoms with van der Waals surface area (Å²) in [6.07, 6.45) is 1.19. The summed E-state index contributed by atoms with van der Waals surface area (Å²) in [5.74, 6) is 0. The molecular weight excluding hydrogens is 238 g/mol. The average molecular weight is 258 g/mol. The Morgan fingerprint density at radius 1 is 1.38 bits per heavy atom. The van der Waals surface area contributed by atoms with E-state index in [-0.39, 0.29) is 0 Å². The van der Waals surface area contributed by atoms with Crippen molar-refractivity contribution in [2.75, 3.05) is 6.54 Å². The quantitative estimate of drug-likeness (QED) is 0.761. The second-order valence-electron chi connectivity index (χ2n) is 3.87. The molecule has 1 aromatic rings. The van der Waals surface area contributed by atoms with E-state index in [0.29, 0.717) is 5.25 Å². The van der Waals surface area contributed by atoms with E-state index in [1.165, 1.54) is 16.9 Å². The molecule has 0 aliphatic rings. The van der Waals surface area contributed by atoms with Gasteiger partial charge in [0.1, 0.15) is 0 Å². The summed E-state index contributed by atoms with van der Waals surface area (Å²) in [6.45, 7) is 8.48. The molecule has 0 bridgehead atoms. The lowest BCUT2D eigenvalue weighted by Crippen LogP contribution is -2.12. The molecule has 0 saturated carbocycles. The van der Waals surface area contributed by atoms with Crippen molar-refractivity contribution in [3.8, 4) is 0 Å². The molecule has 0 saturated heterocycles. The first kappa shape index (κ1) is 13.9. The van der Waals surface area contributed by atoms with Crippen molar-refractivity contribution in [1.82, 2.24) is 5.32 Å². The fraction of sp³-hybridized carbons (Fsp3) is 0.538. The SMILES string of the molecule is CCNCc1cc(Cl)ccc1SC(C)CC. The minimum Gasteiger partial charge on any atom is -0.313 e. The second kappa shape index (κ2) is 7.21. The molecule has 0 spiro atoms. The molecule has 0 aliphatic carbocycles. The smallest absolute Gasteiger partial charge is 0.0410 e. The van der Waals surface area contributed by atoms with Crippen LogP contribution >= 0.6 is 23.4 Å². The maximum Gasteiger partial charge on any atom is 0.0410 e. The molecule has 0 amide bonds. The molecule has 1 aromatic carbocycles. The molecule has 1 rings (SSSR count). The van der Waals surface area contributed by atoms with E-state index in [9.17, 15) is 0 Å². The molecule has 1 unspecified atom stereocenters. The van der Waals surface area contributed by atoms with Crippen LogP contribution in [0.2, 0.25) is 5.02 Å². The molecule has 1 nitrogen and oxygen atoms in total. The minimum absolute atomic E-state index is 0.654. The second-order valence-corrected chi connectivity index (χ2v) is 5.79. The number of hydrogen-bond donors (Lipinski definition) is 1. The predicted octanol–water partition coefficient (Wildman–Crippen LogP) is 4.34. The van der Waals surface area contributed by atoms with Gasteiger partial charge in [-0.2, -0.15) is 0 Å². The van der Waals surface area contributed by atoms with E-state index in [1.54, 1.807) is 0 Å². The van der Waals surface area contributed by atoms with E-state index in [2.05, 4.69) is 38.2 Å². The van der Waals surface area contributed by atoms with Gasteiger partial charge in [-0.05, 0) is 36.7 Å². The predicted molar refractivity (Wildman–Crippen MR) is 74.4 cm³/mol. The van der Waals surface area contributed by atoms with E-state index in [4.69, 9.17) is 11.6 Å². The topological polar surface area (TPSA) is 12.0 Å². The molecule has 1 N–H and O–H groups in total. The summed E-state index contributed by atoms with van der Waals surface area (Å²) in [4.78, 5) is 1.35. The molecule has 16 heavy (non-hydrogen) atoms. The molecule has 90 valence electrons. The number of halogens is 1. The van der Waals surface area contributed by atoms with Crippen molar-refractivity contribution < 1.29 is 0 Å². The van der Waals surface area contributed by atoms with E-state index < -0.39 is 0 Å². The first-order valence-corrected chi connectivity index (χ1v) is 7.08. The highest BCUT2D eigenvalue weighted by Gasteiger charge is 2.07. The van der Waals surface area contributed by atoms with Crippen LogP contribution in [0.4, 0.5) is 0 Å². The van der Waals surface area contributed by atoms with Gasteiger partial charge in [-0.1, -0.05) is 32.4 Å². The van der Waals surface area contributed by atoms with Crippen LogP contribution in [0.3, 0.4) is 0 Å². The third kappa shape index (κ3) is 4.36. The first-order valence-electron chi connectivity index (χ1n) is 5.83. The fourth-order valence-electron chi connectivity index (χ4n) is 1.36. The highest BCUT2D eigenvalue weighted by molar-refractivity contribution is 8.00. The molecule has 0 radical (unpaired) electrons. The van der Waals surface area contributed by atoms with Crippen molar-refractivity contribution in [2.24, 2.45) is 0 Å². The molecule has 0 heterocycles. The zero-order valence-corrected chi connectivity index (χ0v) is 11.8. The van der Waals surface area contributed by atoms with Crippen LogP contribution in [-0.4, -0.2) is 11.8 Å². The maximum atomic E-state index is 6.03. The standard InChI is InChI=1S/C13H20ClNS/c1-4-10(3)16-13-7-6-12(14)8-11(13)9-15-5-2/h6-8,10,15H,4-5,9H2,1-3H3. The number of benzene rings is 1. The van der Waals surface area contributed by atoms with Crippen LogP contribution < -0.4 is 5.32 Å². The summed E-state index contributed by atoms with van der Waals surface area (Å²) in [7, 11) is 0. The maximum absolute atomic E-state index is 6.03. The zero-order chi connectivity index (χ0) is 12.0. The van der Waals surface area contributed by atoms with Crippen LogP contribution in [0.25, 0.3) is 0 Å². The van der Waals surface area contributed by atoms with Crippen LogP contribution in [0, 0.1) is 0 Å². The fourth-order valence-corrected chi connectivity index (χ4v) is 2.58. The summed E-state index contributed by atoms with van der Waals surface area (Å²) < 4.78 is 0. The number of hydrogen-bond acceptors (Lipinski definition) is 2. The Balaban J connectivity index is 2.80. The van der Waals surface area contributed by atoms with Crippen molar-refractivity contribution >= 4 is 23.4 Å². The van der Waals surface area contributed by atoms with Crippen molar-refractivity contribution in [3.63, 3.8) is 0 Å². The molecule has 3 heteroatoms. The third-order valence-corrected chi connectivity index (χ3v) is 4.11. The van der Waals surface area contributed by atoms with Gasteiger partial charge in [0.15, 0.2) is 0 Å². The molecule has 0 aromatic heterocycles. The highest BCUT2D eigenvalue weighted by atomic mass is 35.5. The normalized spacial score (nSPS) is 12.8. The number of rotatable bonds is 6. The van der Waals surface area contributed by atoms with Gasteiger partial charge in [0.05, 0.1) is 0 Å². The highest BCUT2D eigenvalue weighted by Crippen LogP contribution is 2.30. The van der Waals surface area contributed by atoms with Gasteiger partial charge < -0.3 is 5.32 Å². The Kier molecular flexibility index (Phi) is 6.25. The summed E-state index contributed by atoms with van der Waals surface area (Å²) in [5, 5.41) is 4.83. The van der Waals surface area contributed by atoms with Gasteiger partial charge in [0.2, 0.25) is 0 Å². The summed E-state index contributed by atoms with van der Waals surface area (Å²) >= 11 is 7.96. The van der Waals surface area contributed by atoms with Crippen molar-refractivity contribution in [2.45, 2.75) is 43.9 Å². The largest absolute Gasteiger partial charge is 0.313 e. The molecular formula is C13H20ClNS. The zero-order valence-electron chi connectivity index (χ0n) is 10.2. The van der Waals surface area contributed by atoms with Crippen molar-refractivity contribution in [1.29, 1.82) is 0 Å². The van der Waals surface area contributed by atoms with Crippen LogP contribution in [0.15, 0.2) is 23.1 Å². The van der Waals surface area contributed by atoms with Gasteiger partial charge in [-0.15, -0.1) is 11.8 Å². The lowest BCUT2D eigenvalue weighted by atomic mass is 10.2. The van der Waals surface area contributed by atoms with Crippen LogP contribution in [0.1, 0.15) is 32.8 Å². The molecule has 1 atom stereocenters. The lowest BCUT2D eigenvalue weighted by molar-refractivity contribution is 0.717. The van der Waals surface area contributed by atoms with Gasteiger partial charge >= 0.3 is 0 Å². The van der Waals surface area contributed by atoms with Crippen LogP contribution in [0.5, 0.6) is 0 Å². The van der Waals surface area contributed by atoms with Gasteiger partial charge in [0.25, 0.3) is 0 Å². The first-order chi connectivity index (χ1) is 7.67. The Labute approximate surface area is 108 Å². The minimum atomic E-state index is 0.654. The Bertz CT molecular complexity index is 328. The van der Waals surface area contributed by atoms with Crippen molar-refractivity contribution in [3.05, 3.63) is 28.8 Å². The number of thioether (sulfide) groups is 1. The number of nitrogens with one attached hydrogen (secondary N) is 1. The van der Waals surface area contributed by atoms with Gasteiger partial charge in [-0.3, -0.25) is 0 Å². The summed E-state index contributed by atoms with van der Waals surface area (Å²) in [5.41, 5.74) is 1.31. The Hall–Kier alpha value is -0.180.